The van der Waals surface area contributed by atoms with Crippen molar-refractivity contribution in [2.24, 2.45) is 0 Å². The Morgan fingerprint density at radius 2 is 2.12 bits per heavy atom. The summed E-state index contributed by atoms with van der Waals surface area (Å²) in [5.41, 5.74) is 1.14. The molecule has 0 aliphatic rings. The molecular weight excluding hydrogens is 242 g/mol. The predicted molar refractivity (Wildman–Crippen MR) is 65.2 cm³/mol. The minimum Gasteiger partial charge on any atom is -0.466 e. The molecule has 6 heteroatoms. The van der Waals surface area contributed by atoms with E-state index in [2.05, 4.69) is 4.72 Å². The van der Waals surface area contributed by atoms with Crippen molar-refractivity contribution in [2.45, 2.75) is 13.3 Å². The van der Waals surface area contributed by atoms with Crippen LogP contribution >= 0.6 is 0 Å². The van der Waals surface area contributed by atoms with Crippen LogP contribution in [0.15, 0.2) is 24.3 Å². The van der Waals surface area contributed by atoms with Crippen LogP contribution in [-0.4, -0.2) is 27.2 Å². The number of esters is 1. The third kappa shape index (κ3) is 5.35. The van der Waals surface area contributed by atoms with Gasteiger partial charge in [-0.2, -0.15) is 0 Å². The minimum atomic E-state index is -3.30. The molecule has 1 rings (SSSR count). The van der Waals surface area contributed by atoms with Crippen LogP contribution in [0.1, 0.15) is 12.5 Å². The lowest BCUT2D eigenvalue weighted by molar-refractivity contribution is -0.142. The number of sulfonamides is 1. The highest BCUT2D eigenvalue weighted by atomic mass is 32.2. The van der Waals surface area contributed by atoms with E-state index in [0.717, 1.165) is 6.26 Å². The van der Waals surface area contributed by atoms with Crippen LogP contribution in [0.25, 0.3) is 0 Å². The third-order valence-electron chi connectivity index (χ3n) is 1.88. The molecule has 0 unspecified atom stereocenters. The first kappa shape index (κ1) is 13.5. The van der Waals surface area contributed by atoms with E-state index in [1.165, 1.54) is 0 Å². The molecule has 0 amide bonds. The summed E-state index contributed by atoms with van der Waals surface area (Å²) < 4.78 is 29.2. The molecule has 0 aromatic heterocycles. The van der Waals surface area contributed by atoms with E-state index in [9.17, 15) is 13.2 Å². The molecule has 1 aromatic carbocycles. The number of ether oxygens (including phenoxy) is 1. The van der Waals surface area contributed by atoms with Crippen LogP contribution < -0.4 is 4.72 Å². The maximum absolute atomic E-state index is 11.2. The summed E-state index contributed by atoms with van der Waals surface area (Å²) in [5, 5.41) is 0. The summed E-state index contributed by atoms with van der Waals surface area (Å²) in [4.78, 5) is 11.2. The van der Waals surface area contributed by atoms with Gasteiger partial charge in [0.15, 0.2) is 0 Å². The van der Waals surface area contributed by atoms with Gasteiger partial charge in [-0.15, -0.1) is 0 Å². The smallest absolute Gasteiger partial charge is 0.310 e. The highest BCUT2D eigenvalue weighted by Crippen LogP contribution is 2.12. The Morgan fingerprint density at radius 1 is 1.41 bits per heavy atom. The molecule has 0 bridgehead atoms. The molecule has 1 N–H and O–H groups in total. The zero-order chi connectivity index (χ0) is 12.9. The number of benzene rings is 1. The van der Waals surface area contributed by atoms with E-state index >= 15 is 0 Å². The Labute approximate surface area is 101 Å². The van der Waals surface area contributed by atoms with Crippen molar-refractivity contribution in [1.29, 1.82) is 0 Å². The van der Waals surface area contributed by atoms with Gasteiger partial charge in [0.25, 0.3) is 0 Å². The average Bonchev–Trinajstić information content (AvgIpc) is 2.15. The summed E-state index contributed by atoms with van der Waals surface area (Å²) in [5.74, 6) is -0.330. The molecule has 0 aliphatic heterocycles. The normalized spacial score (nSPS) is 10.9. The van der Waals surface area contributed by atoms with E-state index in [4.69, 9.17) is 4.74 Å². The predicted octanol–water partition coefficient (Wildman–Crippen LogP) is 1.16. The Bertz CT molecular complexity index is 496. The fourth-order valence-corrected chi connectivity index (χ4v) is 1.89. The molecule has 0 saturated heterocycles. The fourth-order valence-electron chi connectivity index (χ4n) is 1.34. The third-order valence-corrected chi connectivity index (χ3v) is 2.49. The lowest BCUT2D eigenvalue weighted by Gasteiger charge is -2.06. The van der Waals surface area contributed by atoms with Crippen molar-refractivity contribution in [3.63, 3.8) is 0 Å². The molecule has 0 atom stereocenters. The van der Waals surface area contributed by atoms with Gasteiger partial charge in [-0.05, 0) is 24.6 Å². The molecule has 0 aliphatic carbocycles. The van der Waals surface area contributed by atoms with E-state index < -0.39 is 10.0 Å². The highest BCUT2D eigenvalue weighted by Gasteiger charge is 2.06. The molecular formula is C11H15NO4S. The lowest BCUT2D eigenvalue weighted by Crippen LogP contribution is -2.11. The Morgan fingerprint density at radius 3 is 2.71 bits per heavy atom. The van der Waals surface area contributed by atoms with Crippen molar-refractivity contribution in [2.75, 3.05) is 17.6 Å². The number of carbonyl (C=O) groups excluding carboxylic acids is 1. The monoisotopic (exact) mass is 257 g/mol. The Balaban J connectivity index is 2.76. The number of carbonyl (C=O) groups is 1. The van der Waals surface area contributed by atoms with Crippen LogP contribution in [0.2, 0.25) is 0 Å². The van der Waals surface area contributed by atoms with Gasteiger partial charge >= 0.3 is 5.97 Å². The van der Waals surface area contributed by atoms with Gasteiger partial charge in [0.1, 0.15) is 0 Å². The zero-order valence-electron chi connectivity index (χ0n) is 9.76. The molecule has 1 aromatic rings. The summed E-state index contributed by atoms with van der Waals surface area (Å²) in [6.45, 7) is 2.07. The van der Waals surface area contributed by atoms with Crippen molar-refractivity contribution >= 4 is 21.7 Å². The first-order chi connectivity index (χ1) is 7.90. The van der Waals surface area contributed by atoms with Crippen LogP contribution in [0.5, 0.6) is 0 Å². The molecule has 0 fully saturated rings. The van der Waals surface area contributed by atoms with Gasteiger partial charge in [-0.25, -0.2) is 8.42 Å². The second kappa shape index (κ2) is 5.67. The molecule has 0 saturated carbocycles. The zero-order valence-corrected chi connectivity index (χ0v) is 10.6. The van der Waals surface area contributed by atoms with Gasteiger partial charge in [0.05, 0.1) is 19.3 Å². The quantitative estimate of drug-likeness (QED) is 0.803. The van der Waals surface area contributed by atoms with Gasteiger partial charge in [0.2, 0.25) is 10.0 Å². The first-order valence-corrected chi connectivity index (χ1v) is 7.02. The van der Waals surface area contributed by atoms with Crippen molar-refractivity contribution < 1.29 is 17.9 Å². The van der Waals surface area contributed by atoms with Gasteiger partial charge in [-0.3, -0.25) is 9.52 Å². The van der Waals surface area contributed by atoms with Crippen molar-refractivity contribution in [3.05, 3.63) is 29.8 Å². The number of anilines is 1. The minimum absolute atomic E-state index is 0.132. The Hall–Kier alpha value is -1.56. The second-order valence-electron chi connectivity index (χ2n) is 3.56. The Kier molecular flexibility index (Phi) is 4.51. The SMILES string of the molecule is CCOC(=O)Cc1cccc(NS(C)(=O)=O)c1. The van der Waals surface area contributed by atoms with E-state index in [1.54, 1.807) is 31.2 Å². The topological polar surface area (TPSA) is 72.5 Å². The maximum Gasteiger partial charge on any atom is 0.310 e. The maximum atomic E-state index is 11.2. The largest absolute Gasteiger partial charge is 0.466 e. The highest BCUT2D eigenvalue weighted by molar-refractivity contribution is 7.92. The average molecular weight is 257 g/mol. The van der Waals surface area contributed by atoms with Crippen molar-refractivity contribution in [1.82, 2.24) is 0 Å². The molecule has 17 heavy (non-hydrogen) atoms. The molecule has 0 spiro atoms. The molecule has 94 valence electrons. The van der Waals surface area contributed by atoms with Crippen LogP contribution in [0.3, 0.4) is 0 Å². The molecule has 0 heterocycles. The number of rotatable bonds is 5. The summed E-state index contributed by atoms with van der Waals surface area (Å²) in [6, 6.07) is 6.65. The fraction of sp³-hybridized carbons (Fsp3) is 0.364. The van der Waals surface area contributed by atoms with Crippen LogP contribution in [-0.2, 0) is 26.0 Å². The lowest BCUT2D eigenvalue weighted by atomic mass is 10.1. The second-order valence-corrected chi connectivity index (χ2v) is 5.30. The van der Waals surface area contributed by atoms with Crippen LogP contribution in [0, 0.1) is 0 Å². The van der Waals surface area contributed by atoms with Gasteiger partial charge in [-0.1, -0.05) is 12.1 Å². The van der Waals surface area contributed by atoms with Crippen LogP contribution in [0.4, 0.5) is 5.69 Å². The van der Waals surface area contributed by atoms with Gasteiger partial charge in [0, 0.05) is 5.69 Å². The molecule has 5 nitrogen and oxygen atoms in total. The van der Waals surface area contributed by atoms with Crippen molar-refractivity contribution in [3.8, 4) is 0 Å². The van der Waals surface area contributed by atoms with Gasteiger partial charge < -0.3 is 4.74 Å². The number of hydrogen-bond acceptors (Lipinski definition) is 4. The number of hydrogen-bond donors (Lipinski definition) is 1. The molecule has 0 radical (unpaired) electrons. The van der Waals surface area contributed by atoms with E-state index in [0.29, 0.717) is 17.9 Å². The standard InChI is InChI=1S/C11H15NO4S/c1-3-16-11(13)8-9-5-4-6-10(7-9)12-17(2,14)15/h4-7,12H,3,8H2,1-2H3. The summed E-state index contributed by atoms with van der Waals surface area (Å²) >= 11 is 0. The summed E-state index contributed by atoms with van der Waals surface area (Å²) in [7, 11) is -3.30. The van der Waals surface area contributed by atoms with E-state index in [-0.39, 0.29) is 12.4 Å². The van der Waals surface area contributed by atoms with E-state index in [1.807, 2.05) is 0 Å². The first-order valence-electron chi connectivity index (χ1n) is 5.13. The summed E-state index contributed by atoms with van der Waals surface area (Å²) in [6.07, 6.45) is 1.21. The number of nitrogens with one attached hydrogen (secondary N) is 1.